The van der Waals surface area contributed by atoms with Gasteiger partial charge in [0.2, 0.25) is 6.20 Å². The Balaban J connectivity index is 2.48. The van der Waals surface area contributed by atoms with Gasteiger partial charge in [-0.2, -0.15) is 5.10 Å². The normalized spacial score (nSPS) is 12.3. The van der Waals surface area contributed by atoms with E-state index in [1.54, 1.807) is 16.3 Å². The molecule has 0 aliphatic carbocycles. The molecule has 0 unspecified atom stereocenters. The molecule has 6 heteroatoms. The van der Waals surface area contributed by atoms with E-state index in [0.717, 1.165) is 27.7 Å². The molecule has 132 valence electrons. The number of benzene rings is 1. The van der Waals surface area contributed by atoms with E-state index in [1.165, 1.54) is 6.20 Å². The molecule has 0 spiro atoms. The van der Waals surface area contributed by atoms with Gasteiger partial charge in [0.1, 0.15) is 12.1 Å². The summed E-state index contributed by atoms with van der Waals surface area (Å²) in [6.07, 6.45) is 5.34. The summed E-state index contributed by atoms with van der Waals surface area (Å²) < 4.78 is 8.77. The van der Waals surface area contributed by atoms with E-state index in [9.17, 15) is 5.11 Å². The zero-order chi connectivity index (χ0) is 18.2. The summed E-state index contributed by atoms with van der Waals surface area (Å²) in [6, 6.07) is 10.0. The first-order chi connectivity index (χ1) is 12.1. The fourth-order valence-electron chi connectivity index (χ4n) is 2.29. The van der Waals surface area contributed by atoms with Crippen molar-refractivity contribution in [3.63, 3.8) is 0 Å². The highest BCUT2D eigenvalue weighted by atomic mass is 32.2. The first-order valence-electron chi connectivity index (χ1n) is 8.06. The van der Waals surface area contributed by atoms with Crippen LogP contribution in [0.25, 0.3) is 5.69 Å². The van der Waals surface area contributed by atoms with Gasteiger partial charge in [0.15, 0.2) is 6.21 Å². The number of ether oxygens (including phenoxy) is 1. The van der Waals surface area contributed by atoms with Crippen LogP contribution >= 0.6 is 11.8 Å². The largest absolute Gasteiger partial charge is 0.477 e. The summed E-state index contributed by atoms with van der Waals surface area (Å²) in [7, 11) is 1.84. The van der Waals surface area contributed by atoms with Crippen molar-refractivity contribution in [2.24, 2.45) is 0 Å². The van der Waals surface area contributed by atoms with Gasteiger partial charge in [0, 0.05) is 5.75 Å². The maximum atomic E-state index is 9.70. The second kappa shape index (κ2) is 9.13. The van der Waals surface area contributed by atoms with Crippen LogP contribution in [0.3, 0.4) is 0 Å². The molecule has 25 heavy (non-hydrogen) atoms. The number of aromatic nitrogens is 2. The molecule has 1 N–H and O–H groups in total. The fraction of sp³-hybridized carbons (Fsp3) is 0.263. The average molecular weight is 358 g/mol. The van der Waals surface area contributed by atoms with Crippen molar-refractivity contribution in [1.29, 1.82) is 0 Å². The summed E-state index contributed by atoms with van der Waals surface area (Å²) >= 11 is 1.67. The van der Waals surface area contributed by atoms with E-state index in [1.807, 2.05) is 68.2 Å². The Kier molecular flexibility index (Phi) is 6.89. The van der Waals surface area contributed by atoms with Crippen LogP contribution in [0.4, 0.5) is 0 Å². The number of aliphatic hydroxyl groups excluding tert-OH is 1. The highest BCUT2D eigenvalue weighted by Crippen LogP contribution is 2.27. The molecule has 1 aromatic heterocycles. The highest BCUT2D eigenvalue weighted by Gasteiger charge is 2.18. The van der Waals surface area contributed by atoms with E-state index in [-0.39, 0.29) is 5.95 Å². The Bertz CT molecular complexity index is 779. The molecule has 2 rings (SSSR count). The number of hydrogen-bond acceptors (Lipinski definition) is 4. The van der Waals surface area contributed by atoms with Gasteiger partial charge in [-0.15, -0.1) is 18.3 Å². The van der Waals surface area contributed by atoms with Crippen molar-refractivity contribution in [2.45, 2.75) is 18.9 Å². The van der Waals surface area contributed by atoms with Gasteiger partial charge in [0.25, 0.3) is 0 Å². The van der Waals surface area contributed by atoms with Crippen molar-refractivity contribution < 1.29 is 14.4 Å². The molecule has 0 fully saturated rings. The molecule has 0 aliphatic rings. The van der Waals surface area contributed by atoms with Gasteiger partial charge in [-0.1, -0.05) is 24.3 Å². The third kappa shape index (κ3) is 5.00. The molecule has 5 nitrogen and oxygen atoms in total. The lowest BCUT2D eigenvalue weighted by Gasteiger charge is -2.06. The minimum atomic E-state index is -0.116. The number of aliphatic hydroxyl groups is 1. The monoisotopic (exact) mass is 358 g/mol. The van der Waals surface area contributed by atoms with Crippen LogP contribution in [-0.2, 0) is 4.74 Å². The van der Waals surface area contributed by atoms with Crippen LogP contribution in [0.2, 0.25) is 0 Å². The summed E-state index contributed by atoms with van der Waals surface area (Å²) in [6.45, 7) is 8.02. The molecule has 1 aromatic carbocycles. The Morgan fingerprint density at radius 1 is 1.40 bits per heavy atom. The topological polar surface area (TPSA) is 50.3 Å². The van der Waals surface area contributed by atoms with E-state index < -0.39 is 0 Å². The quantitative estimate of drug-likeness (QED) is 0.255. The molecule has 1 heterocycles. The van der Waals surface area contributed by atoms with Crippen LogP contribution in [-0.4, -0.2) is 45.1 Å². The Labute approximate surface area is 153 Å². The molecule has 0 bridgehead atoms. The van der Waals surface area contributed by atoms with Gasteiger partial charge < -0.3 is 9.84 Å². The summed E-state index contributed by atoms with van der Waals surface area (Å²) in [4.78, 5) is 0. The second-order valence-electron chi connectivity index (χ2n) is 5.35. The minimum Gasteiger partial charge on any atom is -0.477 e. The molecular weight excluding hydrogens is 334 g/mol. The van der Waals surface area contributed by atoms with Gasteiger partial charge >= 0.3 is 5.95 Å². The zero-order valence-electron chi connectivity index (χ0n) is 14.8. The minimum absolute atomic E-state index is 0.116. The molecule has 0 saturated carbocycles. The molecule has 0 radical (unpaired) electrons. The Hall–Kier alpha value is -2.47. The SMILES string of the molecule is C=CCSc1c(C=[N+](C)/C=C(/O)OCC)c(C)nn1-c1ccccc1. The number of hydrogen-bond donors (Lipinski definition) is 1. The summed E-state index contributed by atoms with van der Waals surface area (Å²) in [5, 5.41) is 15.4. The van der Waals surface area contributed by atoms with E-state index in [2.05, 4.69) is 6.58 Å². The van der Waals surface area contributed by atoms with E-state index in [4.69, 9.17) is 9.84 Å². The Morgan fingerprint density at radius 3 is 2.76 bits per heavy atom. The van der Waals surface area contributed by atoms with E-state index in [0.29, 0.717) is 6.61 Å². The van der Waals surface area contributed by atoms with E-state index >= 15 is 0 Å². The third-order valence-electron chi connectivity index (χ3n) is 3.34. The number of nitrogens with zero attached hydrogens (tertiary/aromatic N) is 3. The van der Waals surface area contributed by atoms with Crippen LogP contribution in [0.15, 0.2) is 60.2 Å². The third-order valence-corrected chi connectivity index (χ3v) is 4.41. The molecule has 2 aromatic rings. The lowest BCUT2D eigenvalue weighted by atomic mass is 10.3. The molecule has 0 saturated heterocycles. The van der Waals surface area contributed by atoms with Crippen LogP contribution in [0.1, 0.15) is 18.2 Å². The van der Waals surface area contributed by atoms with Crippen molar-refractivity contribution in [1.82, 2.24) is 9.78 Å². The lowest BCUT2D eigenvalue weighted by molar-refractivity contribution is -0.421. The number of rotatable bonds is 8. The van der Waals surface area contributed by atoms with Crippen molar-refractivity contribution in [3.05, 3.63) is 66.4 Å². The smallest absolute Gasteiger partial charge is 0.343 e. The van der Waals surface area contributed by atoms with Gasteiger partial charge in [-0.25, -0.2) is 9.26 Å². The zero-order valence-corrected chi connectivity index (χ0v) is 15.7. The van der Waals surface area contributed by atoms with Crippen molar-refractivity contribution in [3.8, 4) is 5.69 Å². The highest BCUT2D eigenvalue weighted by molar-refractivity contribution is 7.99. The predicted molar refractivity (Wildman–Crippen MR) is 103 cm³/mol. The molecule has 0 amide bonds. The average Bonchev–Trinajstić information content (AvgIpc) is 2.90. The molecular formula is C19H24N3O2S+. The maximum Gasteiger partial charge on any atom is 0.343 e. The van der Waals surface area contributed by atoms with Crippen molar-refractivity contribution in [2.75, 3.05) is 19.4 Å². The molecule has 0 aliphatic heterocycles. The summed E-state index contributed by atoms with van der Waals surface area (Å²) in [5.41, 5.74) is 2.91. The van der Waals surface area contributed by atoms with Crippen LogP contribution in [0.5, 0.6) is 0 Å². The molecule has 0 atom stereocenters. The van der Waals surface area contributed by atoms with Gasteiger partial charge in [0.05, 0.1) is 23.6 Å². The summed E-state index contributed by atoms with van der Waals surface area (Å²) in [5.74, 6) is 0.664. The van der Waals surface area contributed by atoms with Crippen LogP contribution in [0, 0.1) is 6.92 Å². The predicted octanol–water partition coefficient (Wildman–Crippen LogP) is 3.91. The van der Waals surface area contributed by atoms with Gasteiger partial charge in [-0.05, 0) is 26.0 Å². The number of thioether (sulfide) groups is 1. The maximum absolute atomic E-state index is 9.70. The Morgan fingerprint density at radius 2 is 2.12 bits per heavy atom. The first-order valence-corrected chi connectivity index (χ1v) is 9.04. The number of para-hydroxylation sites is 1. The lowest BCUT2D eigenvalue weighted by Crippen LogP contribution is -2.05. The standard InChI is InChI=1S/C19H23N3O2S/c1-5-12-25-19-17(13-21(4)14-18(23)24-6-2)15(3)20-22(19)16-10-8-7-9-11-16/h5,7-11,13-14H,1,6,12H2,2-4H3/p+1/b18-14-. The van der Waals surface area contributed by atoms with Crippen molar-refractivity contribution >= 4 is 18.0 Å². The van der Waals surface area contributed by atoms with Crippen LogP contribution < -0.4 is 0 Å². The number of aryl methyl sites for hydroxylation is 1. The van der Waals surface area contributed by atoms with Gasteiger partial charge in [-0.3, -0.25) is 0 Å². The second-order valence-corrected chi connectivity index (χ2v) is 6.35. The first kappa shape index (κ1) is 18.9. The fourth-order valence-corrected chi connectivity index (χ4v) is 3.19.